The third kappa shape index (κ3) is 2.35. The van der Waals surface area contributed by atoms with Crippen molar-refractivity contribution in [3.05, 3.63) is 34.9 Å². The SMILES string of the molecule is N[C@@H]1C(=O)N2C(C(=O)O)=C(Sc3nc4ccccc4s3)CS[C@@H]12. The van der Waals surface area contributed by atoms with Gasteiger partial charge in [-0.3, -0.25) is 9.69 Å². The molecule has 1 aromatic heterocycles. The number of carbonyl (C=O) groups is 2. The number of aromatic nitrogens is 1. The summed E-state index contributed by atoms with van der Waals surface area (Å²) in [7, 11) is 0. The molecule has 1 fully saturated rings. The van der Waals surface area contributed by atoms with Crippen molar-refractivity contribution in [1.29, 1.82) is 0 Å². The second-order valence-corrected chi connectivity index (χ2v) is 8.54. The van der Waals surface area contributed by atoms with E-state index in [-0.39, 0.29) is 17.0 Å². The second-order valence-electron chi connectivity index (χ2n) is 5.06. The molecule has 0 spiro atoms. The van der Waals surface area contributed by atoms with Crippen molar-refractivity contribution in [2.24, 2.45) is 5.73 Å². The van der Waals surface area contributed by atoms with Gasteiger partial charge in [-0.2, -0.15) is 0 Å². The highest BCUT2D eigenvalue weighted by Crippen LogP contribution is 2.45. The minimum absolute atomic E-state index is 0.0460. The predicted octanol–water partition coefficient (Wildman–Crippen LogP) is 1.93. The highest BCUT2D eigenvalue weighted by atomic mass is 32.2. The molecule has 118 valence electrons. The van der Waals surface area contributed by atoms with Crippen LogP contribution in [0.4, 0.5) is 0 Å². The van der Waals surface area contributed by atoms with Crippen LogP contribution in [0.25, 0.3) is 10.2 Å². The maximum atomic E-state index is 11.9. The molecule has 0 unspecified atom stereocenters. The molecule has 2 atom stereocenters. The number of benzene rings is 1. The minimum atomic E-state index is -1.10. The molecular weight excluding hydrogens is 354 g/mol. The first-order valence-corrected chi connectivity index (χ1v) is 9.44. The maximum Gasteiger partial charge on any atom is 0.353 e. The summed E-state index contributed by atoms with van der Waals surface area (Å²) in [6.07, 6.45) is 0. The molecule has 4 rings (SSSR count). The van der Waals surface area contributed by atoms with Crippen LogP contribution in [0.1, 0.15) is 0 Å². The first-order chi connectivity index (χ1) is 11.1. The molecule has 3 heterocycles. The quantitative estimate of drug-likeness (QED) is 0.802. The normalized spacial score (nSPS) is 23.9. The Kier molecular flexibility index (Phi) is 3.60. The molecule has 6 nitrogen and oxygen atoms in total. The summed E-state index contributed by atoms with van der Waals surface area (Å²) >= 11 is 4.33. The van der Waals surface area contributed by atoms with Crippen LogP contribution in [-0.4, -0.2) is 44.0 Å². The zero-order valence-corrected chi connectivity index (χ0v) is 14.1. The van der Waals surface area contributed by atoms with Gasteiger partial charge in [-0.05, 0) is 12.1 Å². The number of nitrogens with zero attached hydrogens (tertiary/aromatic N) is 2. The van der Waals surface area contributed by atoms with Crippen molar-refractivity contribution >= 4 is 57.0 Å². The standard InChI is InChI=1S/C14H11N3O3S3/c15-9-11(18)17-10(13(19)20)8(5-21-12(9)17)23-14-16-6-3-1-2-4-7(6)22-14/h1-4,9,12H,5,15H2,(H,19,20)/t9-,12+/m1/s1. The summed E-state index contributed by atoms with van der Waals surface area (Å²) in [6, 6.07) is 7.15. The largest absolute Gasteiger partial charge is 0.477 e. The predicted molar refractivity (Wildman–Crippen MR) is 91.2 cm³/mol. The summed E-state index contributed by atoms with van der Waals surface area (Å²) in [4.78, 5) is 30.0. The lowest BCUT2D eigenvalue weighted by Gasteiger charge is -2.47. The Morgan fingerprint density at radius 1 is 1.43 bits per heavy atom. The van der Waals surface area contributed by atoms with Crippen molar-refractivity contribution in [3.63, 3.8) is 0 Å². The van der Waals surface area contributed by atoms with Crippen LogP contribution in [0.5, 0.6) is 0 Å². The summed E-state index contributed by atoms with van der Waals surface area (Å²) in [6.45, 7) is 0. The molecule has 0 aliphatic carbocycles. The average molecular weight is 365 g/mol. The number of para-hydroxylation sites is 1. The van der Waals surface area contributed by atoms with Gasteiger partial charge in [0.1, 0.15) is 17.1 Å². The number of hydrogen-bond acceptors (Lipinski definition) is 7. The molecule has 2 aromatic rings. The Labute approximate surface area is 143 Å². The smallest absolute Gasteiger partial charge is 0.353 e. The third-order valence-electron chi connectivity index (χ3n) is 3.66. The number of rotatable bonds is 3. The summed E-state index contributed by atoms with van der Waals surface area (Å²) in [5, 5.41) is 9.25. The number of amides is 1. The van der Waals surface area contributed by atoms with Crippen LogP contribution in [0.3, 0.4) is 0 Å². The zero-order valence-electron chi connectivity index (χ0n) is 11.6. The molecule has 23 heavy (non-hydrogen) atoms. The lowest BCUT2D eigenvalue weighted by atomic mass is 10.1. The Balaban J connectivity index is 1.71. The fraction of sp³-hybridized carbons (Fsp3) is 0.214. The highest BCUT2D eigenvalue weighted by Gasteiger charge is 2.52. The summed E-state index contributed by atoms with van der Waals surface area (Å²) in [5.41, 5.74) is 6.68. The van der Waals surface area contributed by atoms with E-state index in [2.05, 4.69) is 4.98 Å². The van der Waals surface area contributed by atoms with Gasteiger partial charge in [-0.1, -0.05) is 23.9 Å². The fourth-order valence-corrected chi connectivity index (χ4v) is 6.22. The van der Waals surface area contributed by atoms with E-state index in [9.17, 15) is 14.7 Å². The molecule has 9 heteroatoms. The van der Waals surface area contributed by atoms with E-state index in [0.29, 0.717) is 10.7 Å². The van der Waals surface area contributed by atoms with Gasteiger partial charge >= 0.3 is 5.97 Å². The lowest BCUT2D eigenvalue weighted by Crippen LogP contribution is -2.68. The number of carbonyl (C=O) groups excluding carboxylic acids is 1. The summed E-state index contributed by atoms with van der Waals surface area (Å²) < 4.78 is 1.83. The minimum Gasteiger partial charge on any atom is -0.477 e. The van der Waals surface area contributed by atoms with Crippen LogP contribution in [0.2, 0.25) is 0 Å². The van der Waals surface area contributed by atoms with Crippen molar-refractivity contribution in [2.45, 2.75) is 15.8 Å². The van der Waals surface area contributed by atoms with Crippen molar-refractivity contribution in [1.82, 2.24) is 9.88 Å². The molecule has 3 N–H and O–H groups in total. The number of carboxylic acids is 1. The molecular formula is C14H11N3O3S3. The first-order valence-electron chi connectivity index (χ1n) is 6.76. The number of thioether (sulfide) groups is 2. The number of fused-ring (bicyclic) bond motifs is 2. The Morgan fingerprint density at radius 3 is 2.96 bits per heavy atom. The molecule has 0 saturated carbocycles. The van der Waals surface area contributed by atoms with Gasteiger partial charge in [0.15, 0.2) is 4.34 Å². The number of aliphatic carboxylic acids is 1. The molecule has 1 aromatic carbocycles. The van der Waals surface area contributed by atoms with E-state index in [4.69, 9.17) is 5.73 Å². The fourth-order valence-electron chi connectivity index (χ4n) is 2.57. The highest BCUT2D eigenvalue weighted by molar-refractivity contribution is 8.07. The molecule has 0 radical (unpaired) electrons. The number of carboxylic acid groups (broad SMARTS) is 1. The number of hydrogen-bond donors (Lipinski definition) is 2. The Hall–Kier alpha value is -1.55. The van der Waals surface area contributed by atoms with E-state index in [1.165, 1.54) is 39.8 Å². The van der Waals surface area contributed by atoms with Crippen LogP contribution < -0.4 is 5.73 Å². The second kappa shape index (κ2) is 5.52. The first kappa shape index (κ1) is 15.0. The molecule has 1 saturated heterocycles. The van der Waals surface area contributed by atoms with Gasteiger partial charge in [-0.15, -0.1) is 23.1 Å². The summed E-state index contributed by atoms with van der Waals surface area (Å²) in [5.74, 6) is -0.911. The van der Waals surface area contributed by atoms with E-state index in [1.807, 2.05) is 24.3 Å². The van der Waals surface area contributed by atoms with Gasteiger partial charge in [0.2, 0.25) is 5.91 Å². The van der Waals surface area contributed by atoms with Crippen LogP contribution in [0, 0.1) is 0 Å². The third-order valence-corrected chi connectivity index (χ3v) is 7.33. The zero-order chi connectivity index (χ0) is 16.1. The molecule has 0 bridgehead atoms. The van der Waals surface area contributed by atoms with Crippen LogP contribution >= 0.6 is 34.9 Å². The van der Waals surface area contributed by atoms with Gasteiger partial charge in [0.05, 0.1) is 10.2 Å². The average Bonchev–Trinajstić information content (AvgIpc) is 2.95. The maximum absolute atomic E-state index is 11.9. The van der Waals surface area contributed by atoms with Crippen LogP contribution in [-0.2, 0) is 9.59 Å². The van der Waals surface area contributed by atoms with Crippen LogP contribution in [0.15, 0.2) is 39.2 Å². The van der Waals surface area contributed by atoms with Gasteiger partial charge in [0.25, 0.3) is 0 Å². The lowest BCUT2D eigenvalue weighted by molar-refractivity contribution is -0.147. The van der Waals surface area contributed by atoms with E-state index in [0.717, 1.165) is 14.6 Å². The number of thiazole rings is 1. The molecule has 2 aliphatic heterocycles. The van der Waals surface area contributed by atoms with Crippen molar-refractivity contribution in [3.8, 4) is 0 Å². The van der Waals surface area contributed by atoms with Crippen molar-refractivity contribution < 1.29 is 14.7 Å². The monoisotopic (exact) mass is 365 g/mol. The Bertz CT molecular complexity index is 830. The molecule has 2 aliphatic rings. The van der Waals surface area contributed by atoms with Crippen molar-refractivity contribution in [2.75, 3.05) is 5.75 Å². The topological polar surface area (TPSA) is 96.5 Å². The molecule has 1 amide bonds. The number of nitrogens with two attached hydrogens (primary N) is 1. The van der Waals surface area contributed by atoms with Gasteiger partial charge in [0, 0.05) is 10.7 Å². The van der Waals surface area contributed by atoms with E-state index >= 15 is 0 Å². The van der Waals surface area contributed by atoms with Gasteiger partial charge < -0.3 is 10.8 Å². The van der Waals surface area contributed by atoms with E-state index < -0.39 is 12.0 Å². The number of β-lactam (4-membered cyclic amide) rings is 1. The van der Waals surface area contributed by atoms with Gasteiger partial charge in [-0.25, -0.2) is 9.78 Å². The Morgan fingerprint density at radius 2 is 2.22 bits per heavy atom. The van der Waals surface area contributed by atoms with E-state index in [1.54, 1.807) is 0 Å².